The number of amides is 1. The van der Waals surface area contributed by atoms with Gasteiger partial charge in [0, 0.05) is 49.7 Å². The Kier molecular flexibility index (Phi) is 7.10. The lowest BCUT2D eigenvalue weighted by atomic mass is 10.1. The van der Waals surface area contributed by atoms with Gasteiger partial charge in [-0.1, -0.05) is 6.58 Å². The molecule has 1 amide bonds. The van der Waals surface area contributed by atoms with Crippen LogP contribution in [0.5, 0.6) is 5.75 Å². The van der Waals surface area contributed by atoms with Crippen LogP contribution in [0.25, 0.3) is 5.82 Å². The molecule has 2 aliphatic heterocycles. The molecule has 0 spiro atoms. The van der Waals surface area contributed by atoms with Crippen molar-refractivity contribution < 1.29 is 14.3 Å². The number of morpholine rings is 1. The normalized spacial score (nSPS) is 15.8. The van der Waals surface area contributed by atoms with Crippen LogP contribution >= 0.6 is 0 Å². The molecular formula is C25H30N8O3. The first-order chi connectivity index (χ1) is 17.6. The SMILES string of the molecule is C=CC(=O)Nc1cc(Nc2nccc(-n3cc(CN4CCC4)cn3)n2)c(OC)cc1N1CCOCC1. The number of hydrogen-bond acceptors (Lipinski definition) is 9. The molecule has 2 N–H and O–H groups in total. The van der Waals surface area contributed by atoms with E-state index >= 15 is 0 Å². The molecule has 0 saturated carbocycles. The third kappa shape index (κ3) is 5.31. The van der Waals surface area contributed by atoms with Crippen LogP contribution in [0.4, 0.5) is 23.0 Å². The smallest absolute Gasteiger partial charge is 0.247 e. The van der Waals surface area contributed by atoms with Gasteiger partial charge in [-0.25, -0.2) is 9.67 Å². The molecule has 0 bridgehead atoms. The molecule has 2 aromatic heterocycles. The lowest BCUT2D eigenvalue weighted by Gasteiger charge is -2.31. The van der Waals surface area contributed by atoms with Crippen LogP contribution in [-0.4, -0.2) is 77.1 Å². The van der Waals surface area contributed by atoms with Crippen molar-refractivity contribution in [2.75, 3.05) is 62.0 Å². The number of aromatic nitrogens is 4. The second-order valence-corrected chi connectivity index (χ2v) is 8.65. The molecule has 0 radical (unpaired) electrons. The van der Waals surface area contributed by atoms with Crippen molar-refractivity contribution in [1.29, 1.82) is 0 Å². The Hall–Kier alpha value is -3.96. The third-order valence-electron chi connectivity index (χ3n) is 6.23. The zero-order valence-corrected chi connectivity index (χ0v) is 20.3. The summed E-state index contributed by atoms with van der Waals surface area (Å²) in [4.78, 5) is 25.7. The first-order valence-electron chi connectivity index (χ1n) is 12.0. The number of methoxy groups -OCH3 is 1. The number of nitrogens with zero attached hydrogens (tertiary/aromatic N) is 6. The van der Waals surface area contributed by atoms with Gasteiger partial charge in [-0.3, -0.25) is 9.69 Å². The average molecular weight is 491 g/mol. The van der Waals surface area contributed by atoms with Crippen molar-refractivity contribution >= 4 is 28.9 Å². The number of rotatable bonds is 9. The van der Waals surface area contributed by atoms with E-state index in [0.717, 1.165) is 30.9 Å². The van der Waals surface area contributed by atoms with E-state index in [1.54, 1.807) is 24.1 Å². The molecule has 0 atom stereocenters. The summed E-state index contributed by atoms with van der Waals surface area (Å²) in [6, 6.07) is 5.52. The monoisotopic (exact) mass is 490 g/mol. The highest BCUT2D eigenvalue weighted by molar-refractivity contribution is 6.02. The van der Waals surface area contributed by atoms with Gasteiger partial charge in [0.1, 0.15) is 5.75 Å². The predicted octanol–water partition coefficient (Wildman–Crippen LogP) is 2.58. The molecule has 4 heterocycles. The minimum absolute atomic E-state index is 0.299. The fourth-order valence-corrected chi connectivity index (χ4v) is 4.21. The highest BCUT2D eigenvalue weighted by Gasteiger charge is 2.20. The van der Waals surface area contributed by atoms with Crippen molar-refractivity contribution in [1.82, 2.24) is 24.6 Å². The van der Waals surface area contributed by atoms with Gasteiger partial charge in [0.25, 0.3) is 0 Å². The Morgan fingerprint density at radius 3 is 2.78 bits per heavy atom. The predicted molar refractivity (Wildman–Crippen MR) is 137 cm³/mol. The van der Waals surface area contributed by atoms with E-state index in [-0.39, 0.29) is 5.91 Å². The van der Waals surface area contributed by atoms with Gasteiger partial charge >= 0.3 is 0 Å². The van der Waals surface area contributed by atoms with Crippen LogP contribution in [-0.2, 0) is 16.1 Å². The van der Waals surface area contributed by atoms with Crippen LogP contribution in [0.1, 0.15) is 12.0 Å². The molecule has 11 heteroatoms. The summed E-state index contributed by atoms with van der Waals surface area (Å²) in [5.41, 5.74) is 3.23. The summed E-state index contributed by atoms with van der Waals surface area (Å²) >= 11 is 0. The molecule has 188 valence electrons. The topological polar surface area (TPSA) is 110 Å². The molecule has 1 aromatic carbocycles. The van der Waals surface area contributed by atoms with E-state index in [0.29, 0.717) is 55.2 Å². The molecule has 2 aliphatic rings. The minimum Gasteiger partial charge on any atom is -0.494 e. The third-order valence-corrected chi connectivity index (χ3v) is 6.23. The lowest BCUT2D eigenvalue weighted by molar-refractivity contribution is -0.111. The second-order valence-electron chi connectivity index (χ2n) is 8.65. The second kappa shape index (κ2) is 10.8. The molecule has 0 aliphatic carbocycles. The van der Waals surface area contributed by atoms with E-state index < -0.39 is 0 Å². The van der Waals surface area contributed by atoms with Crippen molar-refractivity contribution in [2.24, 2.45) is 0 Å². The molecule has 0 unspecified atom stereocenters. The molecule has 11 nitrogen and oxygen atoms in total. The van der Waals surface area contributed by atoms with Crippen molar-refractivity contribution in [3.05, 3.63) is 55.0 Å². The van der Waals surface area contributed by atoms with Crippen molar-refractivity contribution in [2.45, 2.75) is 13.0 Å². The summed E-state index contributed by atoms with van der Waals surface area (Å²) in [6.45, 7) is 9.38. The summed E-state index contributed by atoms with van der Waals surface area (Å²) in [7, 11) is 1.60. The fourth-order valence-electron chi connectivity index (χ4n) is 4.21. The summed E-state index contributed by atoms with van der Waals surface area (Å²) in [5, 5.41) is 10.6. The van der Waals surface area contributed by atoms with E-state index in [1.807, 2.05) is 24.5 Å². The molecule has 3 aromatic rings. The number of hydrogen-bond donors (Lipinski definition) is 2. The number of ether oxygens (including phenoxy) is 2. The Labute approximate surface area is 209 Å². The number of nitrogens with one attached hydrogen (secondary N) is 2. The zero-order valence-electron chi connectivity index (χ0n) is 20.3. The first-order valence-corrected chi connectivity index (χ1v) is 12.0. The van der Waals surface area contributed by atoms with Crippen LogP contribution in [0.15, 0.2) is 49.4 Å². The van der Waals surface area contributed by atoms with Gasteiger partial charge in [-0.05, 0) is 31.7 Å². The molecule has 5 rings (SSSR count). The van der Waals surface area contributed by atoms with E-state index in [1.165, 1.54) is 12.5 Å². The number of benzene rings is 1. The van der Waals surface area contributed by atoms with Crippen LogP contribution in [0, 0.1) is 0 Å². The van der Waals surface area contributed by atoms with Crippen LogP contribution < -0.4 is 20.3 Å². The lowest BCUT2D eigenvalue weighted by Crippen LogP contribution is -2.36. The van der Waals surface area contributed by atoms with Crippen molar-refractivity contribution in [3.63, 3.8) is 0 Å². The van der Waals surface area contributed by atoms with E-state index in [4.69, 9.17) is 9.47 Å². The number of anilines is 4. The number of carbonyl (C=O) groups is 1. The Balaban J connectivity index is 1.41. The molecule has 36 heavy (non-hydrogen) atoms. The largest absolute Gasteiger partial charge is 0.494 e. The number of carbonyl (C=O) groups excluding carboxylic acids is 1. The Bertz CT molecular complexity index is 1230. The van der Waals surface area contributed by atoms with Crippen molar-refractivity contribution in [3.8, 4) is 11.6 Å². The summed E-state index contributed by atoms with van der Waals surface area (Å²) in [6.07, 6.45) is 8.04. The Morgan fingerprint density at radius 1 is 1.22 bits per heavy atom. The minimum atomic E-state index is -0.299. The Morgan fingerprint density at radius 2 is 2.06 bits per heavy atom. The molecular weight excluding hydrogens is 460 g/mol. The summed E-state index contributed by atoms with van der Waals surface area (Å²) < 4.78 is 12.9. The van der Waals surface area contributed by atoms with E-state index in [2.05, 4.69) is 42.1 Å². The maximum absolute atomic E-state index is 12.2. The zero-order chi connectivity index (χ0) is 24.9. The quantitative estimate of drug-likeness (QED) is 0.437. The van der Waals surface area contributed by atoms with Gasteiger partial charge < -0.3 is 25.0 Å². The maximum atomic E-state index is 12.2. The summed E-state index contributed by atoms with van der Waals surface area (Å²) in [5.74, 6) is 1.32. The van der Waals surface area contributed by atoms with Gasteiger partial charge in [0.05, 0.1) is 43.6 Å². The van der Waals surface area contributed by atoms with E-state index in [9.17, 15) is 4.79 Å². The average Bonchev–Trinajstić information content (AvgIpc) is 3.36. The van der Waals surface area contributed by atoms with Gasteiger partial charge in [0.15, 0.2) is 5.82 Å². The van der Waals surface area contributed by atoms with Crippen LogP contribution in [0.3, 0.4) is 0 Å². The first kappa shape index (κ1) is 23.8. The van der Waals surface area contributed by atoms with Gasteiger partial charge in [-0.2, -0.15) is 10.1 Å². The standard InChI is InChI=1S/C25H30N8O3/c1-3-24(34)28-19-13-20(22(35-2)14-21(19)32-9-11-36-12-10-32)29-25-26-6-5-23(30-25)33-17-18(15-27-33)16-31-7-4-8-31/h3,5-6,13-15,17H,1,4,7-12,16H2,2H3,(H,28,34)(H,26,29,30). The molecule has 2 saturated heterocycles. The van der Waals surface area contributed by atoms with Gasteiger partial charge in [-0.15, -0.1) is 0 Å². The highest BCUT2D eigenvalue weighted by Crippen LogP contribution is 2.38. The maximum Gasteiger partial charge on any atom is 0.247 e. The highest BCUT2D eigenvalue weighted by atomic mass is 16.5. The number of likely N-dealkylation sites (tertiary alicyclic amines) is 1. The van der Waals surface area contributed by atoms with Gasteiger partial charge in [0.2, 0.25) is 11.9 Å². The fraction of sp³-hybridized carbons (Fsp3) is 0.360. The molecule has 2 fully saturated rings. The van der Waals surface area contributed by atoms with Crippen LogP contribution in [0.2, 0.25) is 0 Å².